The van der Waals surface area contributed by atoms with E-state index in [2.05, 4.69) is 214 Å². The fraction of sp³-hybridized carbons (Fsp3) is 0.0455. The zero-order chi connectivity index (χ0) is 53.0. The lowest BCUT2D eigenvalue weighted by atomic mass is 10.1. The summed E-state index contributed by atoms with van der Waals surface area (Å²) in [5, 5.41) is 6.73. The molecule has 79 heavy (non-hydrogen) atoms. The number of hydrogen-bond donors (Lipinski definition) is 3. The summed E-state index contributed by atoms with van der Waals surface area (Å²) in [4.78, 5) is 48.8. The predicted molar refractivity (Wildman–Crippen MR) is 322 cm³/mol. The normalized spacial score (nSPS) is 9.22. The van der Waals surface area contributed by atoms with Crippen LogP contribution >= 0.6 is 15.9 Å². The summed E-state index contributed by atoms with van der Waals surface area (Å²) in [5.74, 6) is 38.2. The summed E-state index contributed by atoms with van der Waals surface area (Å²) in [6.07, 6.45) is 31.5. The molecule has 0 aliphatic rings. The summed E-state index contributed by atoms with van der Waals surface area (Å²) in [5.41, 5.74) is 12.6. The Bertz CT molecular complexity index is 4510. The number of halogens is 1. The lowest BCUT2D eigenvalue weighted by molar-refractivity contribution is 1.28. The van der Waals surface area contributed by atoms with Crippen molar-refractivity contribution >= 4 is 81.7 Å². The number of nitrogens with zero attached hydrogens (tertiary/aromatic N) is 9. The van der Waals surface area contributed by atoms with Gasteiger partial charge in [0.05, 0.1) is 52.2 Å². The fourth-order valence-electron chi connectivity index (χ4n) is 7.52. The summed E-state index contributed by atoms with van der Waals surface area (Å²) in [7, 11) is 0. The summed E-state index contributed by atoms with van der Waals surface area (Å²) >= 11 is 3.46. The van der Waals surface area contributed by atoms with Crippen molar-refractivity contribution in [2.24, 2.45) is 0 Å². The van der Waals surface area contributed by atoms with Crippen LogP contribution in [-0.2, 0) is 0 Å². The molecule has 0 amide bonds. The van der Waals surface area contributed by atoms with E-state index in [9.17, 15) is 0 Å². The standard InChI is InChI=1S/C18H2.C16H12N4.C15H9BrN4.C15H10N4.2CH4/c1-3-5-7-9-11-13-15-17-18-16-14-12-10-8-6-4-2;1-10-5-13-12-6-14(11-3-2-4-17-8-11)18-9-15(12)20-16(13)19-7-10;16-10-4-12-11-5-13(9-2-1-3-17-6-9)18-8-14(11)20-15(12)19-7-10;1-3-10(8-16-5-1)13-7-12-11-4-2-6-17-15(11)19-14(12)9-18-13;;/h1-2H;2-9H,1H3,(H,19,20);1-8H,(H,19,20);1-9H,(H,17,19);2*1H4. The van der Waals surface area contributed by atoms with Gasteiger partial charge >= 0.3 is 0 Å². The van der Waals surface area contributed by atoms with Gasteiger partial charge in [0.15, 0.2) is 0 Å². The second kappa shape index (κ2) is 27.5. The first-order chi connectivity index (χ1) is 37.9. The smallest absolute Gasteiger partial charge is 0.138 e. The van der Waals surface area contributed by atoms with Gasteiger partial charge in [0.2, 0.25) is 0 Å². The molecule has 0 aliphatic carbocycles. The number of terminal acetylenes is 2. The van der Waals surface area contributed by atoms with Crippen LogP contribution in [-0.4, -0.2) is 59.8 Å². The first-order valence-corrected chi connectivity index (χ1v) is 23.8. The van der Waals surface area contributed by atoms with E-state index in [-0.39, 0.29) is 14.9 Å². The van der Waals surface area contributed by atoms with Crippen LogP contribution in [0.15, 0.2) is 158 Å². The molecule has 12 aromatic rings. The summed E-state index contributed by atoms with van der Waals surface area (Å²) in [6, 6.07) is 26.2. The van der Waals surface area contributed by atoms with Crippen LogP contribution < -0.4 is 0 Å². The molecule has 0 radical (unpaired) electrons. The number of H-pyrrole nitrogens is 3. The van der Waals surface area contributed by atoms with E-state index in [0.29, 0.717) is 0 Å². The number of aromatic nitrogens is 12. The quantitative estimate of drug-likeness (QED) is 0.146. The molecule has 0 fully saturated rings. The number of hydrogen-bond acceptors (Lipinski definition) is 9. The van der Waals surface area contributed by atoms with Crippen molar-refractivity contribution in [3.8, 4) is 141 Å². The number of pyridine rings is 9. The van der Waals surface area contributed by atoms with Gasteiger partial charge in [-0.15, -0.1) is 12.8 Å². The van der Waals surface area contributed by atoms with Gasteiger partial charge < -0.3 is 15.0 Å². The number of aryl methyl sites for hydroxylation is 1. The molecular formula is C66H41BrN12. The van der Waals surface area contributed by atoms with E-state index in [1.807, 2.05) is 85.8 Å². The molecule has 0 saturated carbocycles. The first kappa shape index (κ1) is 55.0. The molecule has 12 rings (SSSR count). The molecule has 0 aliphatic heterocycles. The minimum atomic E-state index is 0. The van der Waals surface area contributed by atoms with Gasteiger partial charge in [-0.25, -0.2) is 15.0 Å². The van der Waals surface area contributed by atoms with Crippen molar-refractivity contribution in [1.82, 2.24) is 59.8 Å². The highest BCUT2D eigenvalue weighted by molar-refractivity contribution is 9.10. The van der Waals surface area contributed by atoms with Gasteiger partial charge in [0.1, 0.15) is 16.9 Å². The zero-order valence-electron chi connectivity index (χ0n) is 40.5. The molecule has 3 N–H and O–H groups in total. The van der Waals surface area contributed by atoms with Crippen LogP contribution in [0, 0.1) is 114 Å². The Morgan fingerprint density at radius 3 is 1.14 bits per heavy atom. The highest BCUT2D eigenvalue weighted by Crippen LogP contribution is 2.31. The maximum Gasteiger partial charge on any atom is 0.138 e. The predicted octanol–water partition coefficient (Wildman–Crippen LogP) is 12.1. The van der Waals surface area contributed by atoms with Crippen molar-refractivity contribution in [1.29, 1.82) is 0 Å². The van der Waals surface area contributed by atoms with Gasteiger partial charge in [-0.1, -0.05) is 14.9 Å². The van der Waals surface area contributed by atoms with Crippen molar-refractivity contribution in [3.05, 3.63) is 163 Å². The third-order valence-corrected chi connectivity index (χ3v) is 11.3. The van der Waals surface area contributed by atoms with Crippen LogP contribution in [0.3, 0.4) is 0 Å². The van der Waals surface area contributed by atoms with E-state index in [1.54, 1.807) is 31.0 Å². The molecule has 372 valence electrons. The van der Waals surface area contributed by atoms with Crippen LogP contribution in [0.5, 0.6) is 0 Å². The molecule has 0 atom stereocenters. The molecule has 0 bridgehead atoms. The number of rotatable bonds is 3. The van der Waals surface area contributed by atoms with Crippen LogP contribution in [0.25, 0.3) is 99.6 Å². The Morgan fingerprint density at radius 1 is 0.367 bits per heavy atom. The Balaban J connectivity index is 0.000000151. The lowest BCUT2D eigenvalue weighted by Gasteiger charge is -2.00. The minimum absolute atomic E-state index is 0. The third kappa shape index (κ3) is 14.1. The fourth-order valence-corrected chi connectivity index (χ4v) is 7.85. The summed E-state index contributed by atoms with van der Waals surface area (Å²) < 4.78 is 0.964. The van der Waals surface area contributed by atoms with Gasteiger partial charge in [-0.05, 0) is 202 Å². The van der Waals surface area contributed by atoms with E-state index in [4.69, 9.17) is 12.8 Å². The monoisotopic (exact) mass is 1080 g/mol. The van der Waals surface area contributed by atoms with Crippen molar-refractivity contribution in [3.63, 3.8) is 0 Å². The van der Waals surface area contributed by atoms with E-state index < -0.39 is 0 Å². The average molecular weight is 1080 g/mol. The van der Waals surface area contributed by atoms with Crippen molar-refractivity contribution in [2.75, 3.05) is 0 Å². The highest BCUT2D eigenvalue weighted by Gasteiger charge is 2.11. The van der Waals surface area contributed by atoms with E-state index in [0.717, 1.165) is 110 Å². The lowest BCUT2D eigenvalue weighted by Crippen LogP contribution is -1.83. The molecule has 12 nitrogen and oxygen atoms in total. The van der Waals surface area contributed by atoms with Crippen LogP contribution in [0.4, 0.5) is 0 Å². The SMILES string of the molecule is Brc1cnc2[nH]c3cnc(-c4cccnc4)cc3c2c1.C.C.C#CC#CC#CC#CC#CC#CC#CC#CC#C.Cc1cnc2[nH]c3cnc(-c4cccnc4)cc3c2c1.c1cncc(-c2cc3c(cn2)[nH]c2ncccc23)c1. The Labute approximate surface area is 465 Å². The number of fused-ring (bicyclic) bond motifs is 9. The molecule has 0 spiro atoms. The molecule has 0 aromatic carbocycles. The second-order valence-electron chi connectivity index (χ2n) is 15.8. The molecule has 12 heterocycles. The zero-order valence-corrected chi connectivity index (χ0v) is 42.1. The van der Waals surface area contributed by atoms with Crippen molar-refractivity contribution in [2.45, 2.75) is 21.8 Å². The molecular weight excluding hydrogens is 1040 g/mol. The second-order valence-corrected chi connectivity index (χ2v) is 16.8. The van der Waals surface area contributed by atoms with Gasteiger partial charge in [0.25, 0.3) is 0 Å². The highest BCUT2D eigenvalue weighted by atomic mass is 79.9. The Kier molecular flexibility index (Phi) is 19.2. The third-order valence-electron chi connectivity index (χ3n) is 10.9. The van der Waals surface area contributed by atoms with Gasteiger partial charge in [0, 0.05) is 109 Å². The van der Waals surface area contributed by atoms with Gasteiger partial charge in [-0.3, -0.25) is 29.9 Å². The molecule has 0 saturated heterocycles. The molecule has 0 unspecified atom stereocenters. The minimum Gasteiger partial charge on any atom is -0.338 e. The average Bonchev–Trinajstić information content (AvgIpc) is 4.40. The first-order valence-electron chi connectivity index (χ1n) is 23.0. The maximum atomic E-state index is 4.88. The Hall–Kier alpha value is -11.7. The van der Waals surface area contributed by atoms with Gasteiger partial charge in [-0.2, -0.15) is 0 Å². The van der Waals surface area contributed by atoms with Crippen molar-refractivity contribution < 1.29 is 0 Å². The molecule has 13 heteroatoms. The number of nitrogens with one attached hydrogen (secondary N) is 3. The topological polar surface area (TPSA) is 163 Å². The molecule has 12 aromatic heterocycles. The number of aromatic amines is 3. The Morgan fingerprint density at radius 2 is 0.734 bits per heavy atom. The summed E-state index contributed by atoms with van der Waals surface area (Å²) in [6.45, 7) is 2.05. The van der Waals surface area contributed by atoms with Crippen LogP contribution in [0.2, 0.25) is 0 Å². The van der Waals surface area contributed by atoms with E-state index in [1.165, 1.54) is 0 Å². The van der Waals surface area contributed by atoms with Crippen LogP contribution in [0.1, 0.15) is 20.4 Å². The maximum absolute atomic E-state index is 4.88. The largest absolute Gasteiger partial charge is 0.338 e. The van der Waals surface area contributed by atoms with E-state index >= 15 is 0 Å².